The number of nitrogens with one attached hydrogen (secondary N) is 2. The highest BCUT2D eigenvalue weighted by Crippen LogP contribution is 2.18. The van der Waals surface area contributed by atoms with Gasteiger partial charge in [-0.05, 0) is 30.3 Å². The fourth-order valence-corrected chi connectivity index (χ4v) is 2.76. The molecule has 0 aliphatic carbocycles. The van der Waals surface area contributed by atoms with Crippen molar-refractivity contribution in [3.05, 3.63) is 52.4 Å². The van der Waals surface area contributed by atoms with Crippen molar-refractivity contribution >= 4 is 33.3 Å². The van der Waals surface area contributed by atoms with Gasteiger partial charge in [0.05, 0.1) is 17.4 Å². The summed E-state index contributed by atoms with van der Waals surface area (Å²) < 4.78 is 14.4. The highest BCUT2D eigenvalue weighted by molar-refractivity contribution is 9.10. The lowest BCUT2D eigenvalue weighted by molar-refractivity contribution is 0.102. The van der Waals surface area contributed by atoms with E-state index in [4.69, 9.17) is 0 Å². The molecule has 1 saturated heterocycles. The highest BCUT2D eigenvalue weighted by atomic mass is 79.9. The fourth-order valence-electron chi connectivity index (χ4n) is 2.43. The summed E-state index contributed by atoms with van der Waals surface area (Å²) in [5, 5.41) is 5.90. The Labute approximate surface area is 142 Å². The third-order valence-electron chi connectivity index (χ3n) is 3.65. The number of piperazine rings is 1. The summed E-state index contributed by atoms with van der Waals surface area (Å²) in [5.74, 6) is -0.692. The molecule has 5 nitrogen and oxygen atoms in total. The van der Waals surface area contributed by atoms with Gasteiger partial charge < -0.3 is 15.5 Å². The molecule has 23 heavy (non-hydrogen) atoms. The molecule has 2 aromatic rings. The average molecular weight is 379 g/mol. The second-order valence-corrected chi connectivity index (χ2v) is 6.13. The third-order valence-corrected chi connectivity index (χ3v) is 4.14. The Morgan fingerprint density at radius 2 is 2.04 bits per heavy atom. The summed E-state index contributed by atoms with van der Waals surface area (Å²) in [7, 11) is 0. The first-order valence-corrected chi connectivity index (χ1v) is 8.11. The molecule has 7 heteroatoms. The van der Waals surface area contributed by atoms with Gasteiger partial charge in [-0.25, -0.2) is 9.37 Å². The first-order chi connectivity index (χ1) is 11.1. The van der Waals surface area contributed by atoms with E-state index in [0.29, 0.717) is 10.3 Å². The van der Waals surface area contributed by atoms with Crippen molar-refractivity contribution in [2.45, 2.75) is 0 Å². The SMILES string of the molecule is O=C(Nc1ccc(N2CCNCC2)cn1)c1ccc(Br)cc1F. The maximum atomic E-state index is 13.8. The predicted octanol–water partition coefficient (Wildman–Crippen LogP) is 2.65. The van der Waals surface area contributed by atoms with Crippen molar-refractivity contribution in [3.8, 4) is 0 Å². The van der Waals surface area contributed by atoms with Crippen molar-refractivity contribution < 1.29 is 9.18 Å². The summed E-state index contributed by atoms with van der Waals surface area (Å²) in [4.78, 5) is 18.6. The molecule has 0 spiro atoms. The topological polar surface area (TPSA) is 57.3 Å². The van der Waals surface area contributed by atoms with E-state index in [0.717, 1.165) is 31.9 Å². The molecular formula is C16H16BrFN4O. The molecule has 0 radical (unpaired) electrons. The molecule has 120 valence electrons. The normalized spacial score (nSPS) is 14.6. The van der Waals surface area contributed by atoms with E-state index < -0.39 is 11.7 Å². The van der Waals surface area contributed by atoms with Gasteiger partial charge in [0.25, 0.3) is 5.91 Å². The van der Waals surface area contributed by atoms with Crippen LogP contribution in [0.15, 0.2) is 41.0 Å². The van der Waals surface area contributed by atoms with Crippen LogP contribution in [0.25, 0.3) is 0 Å². The summed E-state index contributed by atoms with van der Waals surface area (Å²) >= 11 is 3.16. The number of pyridine rings is 1. The van der Waals surface area contributed by atoms with Gasteiger partial charge in [-0.15, -0.1) is 0 Å². The average Bonchev–Trinajstić information content (AvgIpc) is 2.56. The number of halogens is 2. The molecule has 0 unspecified atom stereocenters. The molecular weight excluding hydrogens is 363 g/mol. The minimum atomic E-state index is -0.575. The number of hydrogen-bond donors (Lipinski definition) is 2. The third kappa shape index (κ3) is 3.86. The van der Waals surface area contributed by atoms with E-state index in [1.54, 1.807) is 18.3 Å². The lowest BCUT2D eigenvalue weighted by atomic mass is 10.2. The van der Waals surface area contributed by atoms with Crippen LogP contribution >= 0.6 is 15.9 Å². The van der Waals surface area contributed by atoms with Gasteiger partial charge >= 0.3 is 0 Å². The van der Waals surface area contributed by atoms with E-state index in [1.165, 1.54) is 12.1 Å². The molecule has 1 amide bonds. The summed E-state index contributed by atoms with van der Waals surface area (Å²) in [5.41, 5.74) is 1.00. The monoisotopic (exact) mass is 378 g/mol. The predicted molar refractivity (Wildman–Crippen MR) is 91.4 cm³/mol. The van der Waals surface area contributed by atoms with Crippen molar-refractivity contribution in [2.24, 2.45) is 0 Å². The number of carbonyl (C=O) groups excluding carboxylic acids is 1. The lowest BCUT2D eigenvalue weighted by Gasteiger charge is -2.29. The number of anilines is 2. The van der Waals surface area contributed by atoms with Crippen LogP contribution in [-0.4, -0.2) is 37.1 Å². The largest absolute Gasteiger partial charge is 0.368 e. The van der Waals surface area contributed by atoms with Crippen molar-refractivity contribution in [2.75, 3.05) is 36.4 Å². The van der Waals surface area contributed by atoms with E-state index in [2.05, 4.69) is 36.4 Å². The van der Waals surface area contributed by atoms with Gasteiger partial charge in [-0.1, -0.05) is 15.9 Å². The number of carbonyl (C=O) groups is 1. The minimum absolute atomic E-state index is 0.0128. The molecule has 0 bridgehead atoms. The zero-order valence-corrected chi connectivity index (χ0v) is 13.9. The van der Waals surface area contributed by atoms with Crippen LogP contribution in [0.3, 0.4) is 0 Å². The molecule has 3 rings (SSSR count). The zero-order valence-electron chi connectivity index (χ0n) is 12.4. The summed E-state index contributed by atoms with van der Waals surface area (Å²) in [6.45, 7) is 3.75. The van der Waals surface area contributed by atoms with Gasteiger partial charge in [0.2, 0.25) is 0 Å². The van der Waals surface area contributed by atoms with Crippen LogP contribution < -0.4 is 15.5 Å². The number of nitrogens with zero attached hydrogens (tertiary/aromatic N) is 2. The van der Waals surface area contributed by atoms with Crippen LogP contribution in [0.1, 0.15) is 10.4 Å². The van der Waals surface area contributed by atoms with E-state index in [-0.39, 0.29) is 5.56 Å². The van der Waals surface area contributed by atoms with Crippen molar-refractivity contribution in [3.63, 3.8) is 0 Å². The second kappa shape index (κ2) is 7.06. The molecule has 0 atom stereocenters. The quantitative estimate of drug-likeness (QED) is 0.861. The first-order valence-electron chi connectivity index (χ1n) is 7.31. The maximum Gasteiger partial charge on any atom is 0.259 e. The Bertz CT molecular complexity index is 702. The maximum absolute atomic E-state index is 13.8. The van der Waals surface area contributed by atoms with Crippen LogP contribution in [0.5, 0.6) is 0 Å². The highest BCUT2D eigenvalue weighted by Gasteiger charge is 2.14. The van der Waals surface area contributed by atoms with E-state index in [1.807, 2.05) is 6.07 Å². The Balaban J connectivity index is 1.69. The van der Waals surface area contributed by atoms with Gasteiger partial charge in [0.15, 0.2) is 0 Å². The second-order valence-electron chi connectivity index (χ2n) is 5.22. The number of benzene rings is 1. The molecule has 2 N–H and O–H groups in total. The Kier molecular flexibility index (Phi) is 4.88. The smallest absolute Gasteiger partial charge is 0.259 e. The standard InChI is InChI=1S/C16H16BrFN4O/c17-11-1-3-13(14(18)9-11)16(23)21-15-4-2-12(10-20-15)22-7-5-19-6-8-22/h1-4,9-10,19H,5-8H2,(H,20,21,23). The molecule has 1 aliphatic rings. The minimum Gasteiger partial charge on any atom is -0.368 e. The lowest BCUT2D eigenvalue weighted by Crippen LogP contribution is -2.43. The zero-order chi connectivity index (χ0) is 16.2. The molecule has 2 heterocycles. The van der Waals surface area contributed by atoms with Gasteiger partial charge in [0, 0.05) is 30.7 Å². The number of rotatable bonds is 3. The van der Waals surface area contributed by atoms with E-state index >= 15 is 0 Å². The molecule has 1 aliphatic heterocycles. The number of hydrogen-bond acceptors (Lipinski definition) is 4. The van der Waals surface area contributed by atoms with Gasteiger partial charge in [0.1, 0.15) is 11.6 Å². The number of aromatic nitrogens is 1. The Morgan fingerprint density at radius 3 is 2.70 bits per heavy atom. The Hall–Kier alpha value is -1.99. The molecule has 0 saturated carbocycles. The van der Waals surface area contributed by atoms with Crippen LogP contribution in [-0.2, 0) is 0 Å². The van der Waals surface area contributed by atoms with Gasteiger partial charge in [-0.2, -0.15) is 0 Å². The van der Waals surface area contributed by atoms with Crippen LogP contribution in [0, 0.1) is 5.82 Å². The summed E-state index contributed by atoms with van der Waals surface area (Å²) in [6.07, 6.45) is 1.72. The van der Waals surface area contributed by atoms with Crippen LogP contribution in [0.4, 0.5) is 15.9 Å². The molecule has 1 aromatic heterocycles. The van der Waals surface area contributed by atoms with E-state index in [9.17, 15) is 9.18 Å². The molecule has 1 aromatic carbocycles. The van der Waals surface area contributed by atoms with Crippen LogP contribution in [0.2, 0.25) is 0 Å². The van der Waals surface area contributed by atoms with Gasteiger partial charge in [-0.3, -0.25) is 4.79 Å². The number of amides is 1. The Morgan fingerprint density at radius 1 is 1.26 bits per heavy atom. The van der Waals surface area contributed by atoms with Crippen molar-refractivity contribution in [1.29, 1.82) is 0 Å². The first kappa shape index (κ1) is 15.9. The van der Waals surface area contributed by atoms with Crippen molar-refractivity contribution in [1.82, 2.24) is 10.3 Å². The molecule has 1 fully saturated rings. The summed E-state index contributed by atoms with van der Waals surface area (Å²) in [6, 6.07) is 7.95. The fraction of sp³-hybridized carbons (Fsp3) is 0.250.